The van der Waals surface area contributed by atoms with E-state index in [4.69, 9.17) is 27.6 Å². The molecule has 2 aromatic rings. The molecule has 1 aromatic heterocycles. The number of hydrogen-bond donors (Lipinski definition) is 0. The summed E-state index contributed by atoms with van der Waals surface area (Å²) in [5, 5.41) is 7.16. The predicted octanol–water partition coefficient (Wildman–Crippen LogP) is 3.92. The Balaban J connectivity index is 2.36. The molecule has 0 radical (unpaired) electrons. The number of alkyl halides is 2. The van der Waals surface area contributed by atoms with Crippen molar-refractivity contribution >= 4 is 34.8 Å². The Morgan fingerprint density at radius 1 is 1.26 bits per heavy atom. The molecule has 0 fully saturated rings. The number of benzene rings is 1. The zero-order valence-corrected chi connectivity index (χ0v) is 14.6. The Kier molecular flexibility index (Phi) is 6.42. The Labute approximate surface area is 145 Å². The van der Waals surface area contributed by atoms with Crippen LogP contribution in [0.25, 0.3) is 0 Å². The first-order chi connectivity index (χ1) is 11.1. The lowest BCUT2D eigenvalue weighted by molar-refractivity contribution is -0.118. The van der Waals surface area contributed by atoms with Crippen molar-refractivity contribution in [2.75, 3.05) is 4.90 Å². The van der Waals surface area contributed by atoms with E-state index in [1.54, 1.807) is 4.90 Å². The molecule has 1 heterocycles. The lowest BCUT2D eigenvalue weighted by atomic mass is 10.1. The van der Waals surface area contributed by atoms with Crippen LogP contribution < -0.4 is 4.90 Å². The highest BCUT2D eigenvalue weighted by Crippen LogP contribution is 2.25. The highest BCUT2D eigenvalue weighted by molar-refractivity contribution is 6.32. The van der Waals surface area contributed by atoms with E-state index in [0.717, 1.165) is 17.7 Å². The van der Waals surface area contributed by atoms with Gasteiger partial charge in [0.2, 0.25) is 17.7 Å². The van der Waals surface area contributed by atoms with Crippen molar-refractivity contribution in [2.45, 2.75) is 44.5 Å². The number of carbonyl (C=O) groups excluding carboxylic acids is 1. The molecule has 5 nitrogen and oxygen atoms in total. The summed E-state index contributed by atoms with van der Waals surface area (Å²) in [5.41, 5.74) is 1.86. The molecule has 0 aliphatic carbocycles. The van der Waals surface area contributed by atoms with E-state index >= 15 is 0 Å². The van der Waals surface area contributed by atoms with Crippen molar-refractivity contribution in [3.05, 3.63) is 41.6 Å². The zero-order valence-electron chi connectivity index (χ0n) is 13.1. The molecule has 0 bridgehead atoms. The Bertz CT molecular complexity index is 660. The number of hydrogen-bond acceptors (Lipinski definition) is 4. The van der Waals surface area contributed by atoms with Crippen LogP contribution in [0.15, 0.2) is 28.7 Å². The second-order valence-corrected chi connectivity index (χ2v) is 5.80. The fourth-order valence-electron chi connectivity index (χ4n) is 2.24. The molecule has 1 unspecified atom stereocenters. The van der Waals surface area contributed by atoms with Crippen LogP contribution in [0.2, 0.25) is 0 Å². The van der Waals surface area contributed by atoms with Gasteiger partial charge in [-0.25, -0.2) is 0 Å². The van der Waals surface area contributed by atoms with Crippen LogP contribution in [0.5, 0.6) is 0 Å². The van der Waals surface area contributed by atoms with Gasteiger partial charge in [-0.3, -0.25) is 4.79 Å². The minimum atomic E-state index is -0.602. The smallest absolute Gasteiger partial charge is 0.245 e. The Morgan fingerprint density at radius 3 is 2.57 bits per heavy atom. The predicted molar refractivity (Wildman–Crippen MR) is 90.8 cm³/mol. The van der Waals surface area contributed by atoms with Crippen molar-refractivity contribution < 1.29 is 9.21 Å². The average Bonchev–Trinajstić information content (AvgIpc) is 3.06. The van der Waals surface area contributed by atoms with Gasteiger partial charge >= 0.3 is 0 Å². The summed E-state index contributed by atoms with van der Waals surface area (Å²) in [6.45, 7) is 4.08. The number of nitrogens with zero attached hydrogens (tertiary/aromatic N) is 3. The molecule has 2 rings (SSSR count). The molecule has 0 N–H and O–H groups in total. The summed E-state index contributed by atoms with van der Waals surface area (Å²) in [6, 6.07) is 7.72. The number of carbonyl (C=O) groups is 1. The minimum Gasteiger partial charge on any atom is -0.422 e. The van der Waals surface area contributed by atoms with Crippen molar-refractivity contribution in [1.82, 2.24) is 10.2 Å². The monoisotopic (exact) mass is 355 g/mol. The molecule has 0 spiro atoms. The third kappa shape index (κ3) is 4.24. The number of para-hydroxylation sites is 1. The number of anilines is 1. The maximum absolute atomic E-state index is 12.7. The number of amides is 1. The third-order valence-electron chi connectivity index (χ3n) is 3.47. The lowest BCUT2D eigenvalue weighted by Gasteiger charge is -2.25. The SMILES string of the molecule is CCc1ccccc1N(Cc1nnc(CCl)o1)C(=O)C(Cl)CC. The van der Waals surface area contributed by atoms with E-state index in [2.05, 4.69) is 10.2 Å². The molecule has 1 aromatic carbocycles. The van der Waals surface area contributed by atoms with Gasteiger partial charge < -0.3 is 9.32 Å². The fraction of sp³-hybridized carbons (Fsp3) is 0.438. The van der Waals surface area contributed by atoms with E-state index in [0.29, 0.717) is 18.2 Å². The van der Waals surface area contributed by atoms with Gasteiger partial charge in [0.1, 0.15) is 17.8 Å². The van der Waals surface area contributed by atoms with Gasteiger partial charge in [0, 0.05) is 5.69 Å². The second-order valence-electron chi connectivity index (χ2n) is 5.01. The quantitative estimate of drug-likeness (QED) is 0.706. The van der Waals surface area contributed by atoms with Crippen molar-refractivity contribution in [1.29, 1.82) is 0 Å². The summed E-state index contributed by atoms with van der Waals surface area (Å²) in [4.78, 5) is 14.3. The zero-order chi connectivity index (χ0) is 16.8. The maximum Gasteiger partial charge on any atom is 0.245 e. The third-order valence-corrected chi connectivity index (χ3v) is 4.20. The van der Waals surface area contributed by atoms with Crippen molar-refractivity contribution in [3.8, 4) is 0 Å². The topological polar surface area (TPSA) is 59.2 Å². The Morgan fingerprint density at radius 2 is 1.96 bits per heavy atom. The average molecular weight is 356 g/mol. The van der Waals surface area contributed by atoms with E-state index in [1.807, 2.05) is 38.1 Å². The molecule has 1 amide bonds. The van der Waals surface area contributed by atoms with Gasteiger partial charge in [-0.05, 0) is 24.5 Å². The van der Waals surface area contributed by atoms with E-state index < -0.39 is 5.38 Å². The van der Waals surface area contributed by atoms with Crippen LogP contribution in [0, 0.1) is 0 Å². The van der Waals surface area contributed by atoms with E-state index in [9.17, 15) is 4.79 Å². The number of halogens is 2. The molecular weight excluding hydrogens is 337 g/mol. The van der Waals surface area contributed by atoms with Crippen LogP contribution >= 0.6 is 23.2 Å². The molecule has 23 heavy (non-hydrogen) atoms. The van der Waals surface area contributed by atoms with Crippen molar-refractivity contribution in [2.24, 2.45) is 0 Å². The Hall–Kier alpha value is -1.59. The van der Waals surface area contributed by atoms with Gasteiger partial charge in [-0.2, -0.15) is 0 Å². The molecular formula is C16H19Cl2N3O2. The van der Waals surface area contributed by atoms with E-state index in [-0.39, 0.29) is 18.3 Å². The first-order valence-electron chi connectivity index (χ1n) is 7.51. The van der Waals surface area contributed by atoms with Crippen LogP contribution in [-0.2, 0) is 23.6 Å². The fourth-order valence-corrected chi connectivity index (χ4v) is 2.47. The summed E-state index contributed by atoms with van der Waals surface area (Å²) in [6.07, 6.45) is 1.34. The molecule has 1 atom stereocenters. The van der Waals surface area contributed by atoms with Gasteiger partial charge in [0.15, 0.2) is 0 Å². The van der Waals surface area contributed by atoms with Gasteiger partial charge in [0.05, 0.1) is 0 Å². The molecule has 124 valence electrons. The number of aromatic nitrogens is 2. The van der Waals surface area contributed by atoms with Crippen LogP contribution in [0.3, 0.4) is 0 Å². The molecule has 0 aliphatic heterocycles. The first kappa shape index (κ1) is 17.8. The molecule has 0 saturated heterocycles. The number of aryl methyl sites for hydroxylation is 1. The lowest BCUT2D eigenvalue weighted by Crippen LogP contribution is -2.37. The van der Waals surface area contributed by atoms with Crippen LogP contribution in [0.4, 0.5) is 5.69 Å². The van der Waals surface area contributed by atoms with Gasteiger partial charge in [-0.15, -0.1) is 33.4 Å². The maximum atomic E-state index is 12.7. The minimum absolute atomic E-state index is 0.138. The molecule has 0 saturated carbocycles. The summed E-state index contributed by atoms with van der Waals surface area (Å²) < 4.78 is 5.43. The molecule has 7 heteroatoms. The standard InChI is InChI=1S/C16H19Cl2N3O2/c1-3-11-7-5-6-8-13(11)21(16(22)12(18)4-2)10-15-20-19-14(9-17)23-15/h5-8,12H,3-4,9-10H2,1-2H3. The summed E-state index contributed by atoms with van der Waals surface area (Å²) in [5.74, 6) is 0.621. The molecule has 0 aliphatic rings. The van der Waals surface area contributed by atoms with Crippen molar-refractivity contribution in [3.63, 3.8) is 0 Å². The normalized spacial score (nSPS) is 12.2. The number of rotatable bonds is 7. The summed E-state index contributed by atoms with van der Waals surface area (Å²) in [7, 11) is 0. The van der Waals surface area contributed by atoms with E-state index in [1.165, 1.54) is 0 Å². The van der Waals surface area contributed by atoms with Crippen LogP contribution in [0.1, 0.15) is 37.6 Å². The first-order valence-corrected chi connectivity index (χ1v) is 8.48. The highest BCUT2D eigenvalue weighted by atomic mass is 35.5. The second kappa shape index (κ2) is 8.31. The van der Waals surface area contributed by atoms with Crippen LogP contribution in [-0.4, -0.2) is 21.5 Å². The highest BCUT2D eigenvalue weighted by Gasteiger charge is 2.25. The van der Waals surface area contributed by atoms with Gasteiger partial charge in [-0.1, -0.05) is 32.0 Å². The summed E-state index contributed by atoms with van der Waals surface area (Å²) >= 11 is 11.9. The van der Waals surface area contributed by atoms with Gasteiger partial charge in [0.25, 0.3) is 0 Å². The largest absolute Gasteiger partial charge is 0.422 e.